The van der Waals surface area contributed by atoms with E-state index in [1.54, 1.807) is 24.3 Å². The van der Waals surface area contributed by atoms with Crippen molar-refractivity contribution >= 4 is 11.8 Å². The smallest absolute Gasteiger partial charge is 0.260 e. The number of rotatable bonds is 5. The van der Waals surface area contributed by atoms with Crippen molar-refractivity contribution in [2.24, 2.45) is 0 Å². The first kappa shape index (κ1) is 22.4. The minimum absolute atomic E-state index is 0.0335. The van der Waals surface area contributed by atoms with Crippen molar-refractivity contribution < 1.29 is 14.3 Å². The van der Waals surface area contributed by atoms with Crippen LogP contribution in [0, 0.1) is 0 Å². The molecule has 0 saturated carbocycles. The van der Waals surface area contributed by atoms with E-state index in [1.165, 1.54) is 12.0 Å². The summed E-state index contributed by atoms with van der Waals surface area (Å²) in [6.45, 7) is 5.80. The third-order valence-corrected chi connectivity index (χ3v) is 7.00. The number of amides is 2. The fourth-order valence-electron chi connectivity index (χ4n) is 5.15. The quantitative estimate of drug-likeness (QED) is 0.674. The lowest BCUT2D eigenvalue weighted by molar-refractivity contribution is -0.139. The highest BCUT2D eigenvalue weighted by atomic mass is 16.5. The molecule has 0 bridgehead atoms. The SMILES string of the molecule is CC1CCCC(C)N1C(=O)COc1ccc(C(=O)N2CCC(c3ccccc3)CC2)cc1. The predicted molar refractivity (Wildman–Crippen MR) is 126 cm³/mol. The summed E-state index contributed by atoms with van der Waals surface area (Å²) < 4.78 is 5.74. The zero-order valence-electron chi connectivity index (χ0n) is 19.2. The number of nitrogens with zero attached hydrogens (tertiary/aromatic N) is 2. The van der Waals surface area contributed by atoms with Crippen molar-refractivity contribution in [3.8, 4) is 5.75 Å². The lowest BCUT2D eigenvalue weighted by Crippen LogP contribution is -2.49. The molecule has 2 aliphatic heterocycles. The van der Waals surface area contributed by atoms with E-state index in [2.05, 4.69) is 38.1 Å². The van der Waals surface area contributed by atoms with Crippen LogP contribution in [0.1, 0.15) is 67.8 Å². The number of benzene rings is 2. The Morgan fingerprint density at radius 3 is 2.12 bits per heavy atom. The van der Waals surface area contributed by atoms with Gasteiger partial charge in [0, 0.05) is 30.7 Å². The number of carbonyl (C=O) groups excluding carboxylic acids is 2. The predicted octanol–water partition coefficient (Wildman–Crippen LogP) is 4.87. The molecule has 2 heterocycles. The Hall–Kier alpha value is -2.82. The fourth-order valence-corrected chi connectivity index (χ4v) is 5.15. The summed E-state index contributed by atoms with van der Waals surface area (Å²) in [4.78, 5) is 29.5. The normalized spacial score (nSPS) is 21.9. The molecular weight excluding hydrogens is 400 g/mol. The Morgan fingerprint density at radius 2 is 1.50 bits per heavy atom. The van der Waals surface area contributed by atoms with Gasteiger partial charge in [0.2, 0.25) is 0 Å². The topological polar surface area (TPSA) is 49.9 Å². The van der Waals surface area contributed by atoms with Crippen molar-refractivity contribution in [2.75, 3.05) is 19.7 Å². The van der Waals surface area contributed by atoms with Gasteiger partial charge in [0.25, 0.3) is 11.8 Å². The van der Waals surface area contributed by atoms with Gasteiger partial charge in [0.1, 0.15) is 5.75 Å². The monoisotopic (exact) mass is 434 g/mol. The van der Waals surface area contributed by atoms with Crippen LogP contribution in [-0.4, -0.2) is 53.4 Å². The molecule has 32 heavy (non-hydrogen) atoms. The molecule has 4 rings (SSSR count). The van der Waals surface area contributed by atoms with Crippen LogP contribution in [-0.2, 0) is 4.79 Å². The zero-order chi connectivity index (χ0) is 22.5. The van der Waals surface area contributed by atoms with Crippen LogP contribution in [0.4, 0.5) is 0 Å². The number of piperidine rings is 2. The average molecular weight is 435 g/mol. The van der Waals surface area contributed by atoms with Gasteiger partial charge < -0.3 is 14.5 Å². The molecule has 2 aromatic carbocycles. The van der Waals surface area contributed by atoms with Crippen molar-refractivity contribution in [3.63, 3.8) is 0 Å². The molecular formula is C27H34N2O3. The van der Waals surface area contributed by atoms with Gasteiger partial charge in [-0.3, -0.25) is 9.59 Å². The number of carbonyl (C=O) groups is 2. The van der Waals surface area contributed by atoms with Crippen LogP contribution < -0.4 is 4.74 Å². The Morgan fingerprint density at radius 1 is 0.875 bits per heavy atom. The van der Waals surface area contributed by atoms with Crippen molar-refractivity contribution in [3.05, 3.63) is 65.7 Å². The third kappa shape index (κ3) is 5.14. The highest BCUT2D eigenvalue weighted by Gasteiger charge is 2.29. The molecule has 5 nitrogen and oxygen atoms in total. The maximum atomic E-state index is 12.9. The molecule has 2 aromatic rings. The maximum Gasteiger partial charge on any atom is 0.260 e. The summed E-state index contributed by atoms with van der Waals surface area (Å²) in [5.41, 5.74) is 2.03. The Bertz CT molecular complexity index is 894. The zero-order valence-corrected chi connectivity index (χ0v) is 19.2. The molecule has 0 aliphatic carbocycles. The van der Waals surface area contributed by atoms with Gasteiger partial charge in [0.15, 0.2) is 6.61 Å². The van der Waals surface area contributed by atoms with E-state index in [4.69, 9.17) is 4.74 Å². The average Bonchev–Trinajstić information content (AvgIpc) is 2.83. The Kier molecular flexibility index (Phi) is 7.13. The van der Waals surface area contributed by atoms with Crippen LogP contribution >= 0.6 is 0 Å². The second kappa shape index (κ2) is 10.2. The minimum atomic E-state index is 0.0335. The number of likely N-dealkylation sites (tertiary alicyclic amines) is 2. The van der Waals surface area contributed by atoms with E-state index < -0.39 is 0 Å². The van der Waals surface area contributed by atoms with Gasteiger partial charge >= 0.3 is 0 Å². The van der Waals surface area contributed by atoms with Crippen LogP contribution in [0.2, 0.25) is 0 Å². The highest BCUT2D eigenvalue weighted by Crippen LogP contribution is 2.28. The molecule has 2 saturated heterocycles. The summed E-state index contributed by atoms with van der Waals surface area (Å²) in [5, 5.41) is 0. The first-order chi connectivity index (χ1) is 15.5. The molecule has 5 heteroatoms. The van der Waals surface area contributed by atoms with Gasteiger partial charge in [-0.25, -0.2) is 0 Å². The van der Waals surface area contributed by atoms with Crippen molar-refractivity contribution in [1.82, 2.24) is 9.80 Å². The molecule has 0 radical (unpaired) electrons. The number of ether oxygens (including phenoxy) is 1. The van der Waals surface area contributed by atoms with E-state index in [-0.39, 0.29) is 30.5 Å². The molecule has 0 aromatic heterocycles. The lowest BCUT2D eigenvalue weighted by Gasteiger charge is -2.38. The molecule has 0 spiro atoms. The van der Waals surface area contributed by atoms with E-state index in [0.717, 1.165) is 38.8 Å². The minimum Gasteiger partial charge on any atom is -0.484 e. The molecule has 2 aliphatic rings. The number of hydrogen-bond acceptors (Lipinski definition) is 3. The Labute approximate surface area is 191 Å². The number of hydrogen-bond donors (Lipinski definition) is 0. The molecule has 0 N–H and O–H groups in total. The van der Waals surface area contributed by atoms with Crippen LogP contribution in [0.3, 0.4) is 0 Å². The summed E-state index contributed by atoms with van der Waals surface area (Å²) in [6.07, 6.45) is 5.26. The second-order valence-electron chi connectivity index (χ2n) is 9.22. The van der Waals surface area contributed by atoms with E-state index >= 15 is 0 Å². The van der Waals surface area contributed by atoms with E-state index in [1.807, 2.05) is 15.9 Å². The third-order valence-electron chi connectivity index (χ3n) is 7.00. The first-order valence-corrected chi connectivity index (χ1v) is 11.9. The summed E-state index contributed by atoms with van der Waals surface area (Å²) in [6, 6.07) is 18.3. The largest absolute Gasteiger partial charge is 0.484 e. The van der Waals surface area contributed by atoms with Gasteiger partial charge in [-0.2, -0.15) is 0 Å². The van der Waals surface area contributed by atoms with Crippen LogP contribution in [0.25, 0.3) is 0 Å². The first-order valence-electron chi connectivity index (χ1n) is 11.9. The van der Waals surface area contributed by atoms with Gasteiger partial charge in [-0.15, -0.1) is 0 Å². The Balaban J connectivity index is 1.28. The molecule has 2 atom stereocenters. The standard InChI is InChI=1S/C27H34N2O3/c1-20-7-6-8-21(2)29(20)26(30)19-32-25-13-11-24(12-14-25)27(31)28-17-15-23(16-18-28)22-9-4-3-5-10-22/h3-5,9-14,20-21,23H,6-8,15-19H2,1-2H3. The highest BCUT2D eigenvalue weighted by molar-refractivity contribution is 5.94. The van der Waals surface area contributed by atoms with Gasteiger partial charge in [0.05, 0.1) is 0 Å². The summed E-state index contributed by atoms with van der Waals surface area (Å²) >= 11 is 0. The maximum absolute atomic E-state index is 12.9. The molecule has 2 amide bonds. The second-order valence-corrected chi connectivity index (χ2v) is 9.22. The van der Waals surface area contributed by atoms with Gasteiger partial charge in [-0.05, 0) is 81.7 Å². The summed E-state index contributed by atoms with van der Waals surface area (Å²) in [7, 11) is 0. The molecule has 2 fully saturated rings. The molecule has 170 valence electrons. The van der Waals surface area contributed by atoms with Crippen molar-refractivity contribution in [2.45, 2.75) is 64.0 Å². The van der Waals surface area contributed by atoms with Gasteiger partial charge in [-0.1, -0.05) is 30.3 Å². The van der Waals surface area contributed by atoms with Crippen molar-refractivity contribution in [1.29, 1.82) is 0 Å². The molecule has 2 unspecified atom stereocenters. The summed E-state index contributed by atoms with van der Waals surface area (Å²) in [5.74, 6) is 1.25. The lowest BCUT2D eigenvalue weighted by atomic mass is 9.89. The van der Waals surface area contributed by atoms with Crippen LogP contribution in [0.15, 0.2) is 54.6 Å². The van der Waals surface area contributed by atoms with E-state index in [0.29, 0.717) is 17.2 Å². The van der Waals surface area contributed by atoms with Crippen LogP contribution in [0.5, 0.6) is 5.75 Å². The van der Waals surface area contributed by atoms with E-state index in [9.17, 15) is 9.59 Å². The fraction of sp³-hybridized carbons (Fsp3) is 0.481.